The van der Waals surface area contributed by atoms with Crippen LogP contribution < -0.4 is 4.74 Å². The minimum absolute atomic E-state index is 0.312. The molecular weight excluding hydrogens is 238 g/mol. The highest BCUT2D eigenvalue weighted by atomic mass is 16.5. The first-order valence-corrected chi connectivity index (χ1v) is 7.19. The average Bonchev–Trinajstić information content (AvgIpc) is 2.40. The highest BCUT2D eigenvalue weighted by Gasteiger charge is 2.20. The highest BCUT2D eigenvalue weighted by Crippen LogP contribution is 2.25. The van der Waals surface area contributed by atoms with Crippen LogP contribution in [-0.4, -0.2) is 36.8 Å². The third-order valence-electron chi connectivity index (χ3n) is 3.97. The maximum Gasteiger partial charge on any atom is 0.123 e. The van der Waals surface area contributed by atoms with Gasteiger partial charge in [0.25, 0.3) is 0 Å². The molecule has 0 bridgehead atoms. The normalized spacial score (nSPS) is 20.5. The number of benzene rings is 1. The Morgan fingerprint density at radius 3 is 3.00 bits per heavy atom. The lowest BCUT2D eigenvalue weighted by Gasteiger charge is -2.32. The maximum absolute atomic E-state index is 9.07. The number of hydrogen-bond acceptors (Lipinski definition) is 3. The molecule has 0 amide bonds. The fraction of sp³-hybridized carbons (Fsp3) is 0.625. The first kappa shape index (κ1) is 14.4. The lowest BCUT2D eigenvalue weighted by atomic mass is 9.94. The Morgan fingerprint density at radius 1 is 1.42 bits per heavy atom. The number of aliphatic hydroxyl groups is 1. The Hall–Kier alpha value is -1.06. The Morgan fingerprint density at radius 2 is 2.26 bits per heavy atom. The van der Waals surface area contributed by atoms with Crippen LogP contribution in [0.4, 0.5) is 0 Å². The van der Waals surface area contributed by atoms with E-state index in [1.165, 1.54) is 24.0 Å². The first-order chi connectivity index (χ1) is 9.22. The van der Waals surface area contributed by atoms with Crippen molar-refractivity contribution in [3.8, 4) is 5.75 Å². The minimum atomic E-state index is 0.312. The van der Waals surface area contributed by atoms with Gasteiger partial charge in [0.1, 0.15) is 5.75 Å². The summed E-state index contributed by atoms with van der Waals surface area (Å²) in [6.07, 6.45) is 3.42. The Bertz CT molecular complexity index is 404. The molecule has 3 nitrogen and oxygen atoms in total. The summed E-state index contributed by atoms with van der Waals surface area (Å²) in [5, 5.41) is 9.07. The van der Waals surface area contributed by atoms with Gasteiger partial charge in [-0.25, -0.2) is 0 Å². The van der Waals surface area contributed by atoms with Gasteiger partial charge < -0.3 is 9.84 Å². The number of piperidine rings is 1. The van der Waals surface area contributed by atoms with E-state index in [0.717, 1.165) is 31.8 Å². The highest BCUT2D eigenvalue weighted by molar-refractivity contribution is 5.36. The fourth-order valence-electron chi connectivity index (χ4n) is 2.98. The van der Waals surface area contributed by atoms with E-state index in [1.807, 2.05) is 0 Å². The summed E-state index contributed by atoms with van der Waals surface area (Å²) in [6, 6.07) is 6.36. The van der Waals surface area contributed by atoms with E-state index in [9.17, 15) is 0 Å². The van der Waals surface area contributed by atoms with Crippen molar-refractivity contribution in [2.24, 2.45) is 5.92 Å². The predicted octanol–water partition coefficient (Wildman–Crippen LogP) is 2.60. The maximum atomic E-state index is 9.07. The van der Waals surface area contributed by atoms with Crippen molar-refractivity contribution in [3.63, 3.8) is 0 Å². The zero-order valence-corrected chi connectivity index (χ0v) is 12.1. The molecule has 0 aliphatic carbocycles. The second-order valence-corrected chi connectivity index (χ2v) is 5.57. The van der Waals surface area contributed by atoms with Crippen LogP contribution in [0.2, 0.25) is 0 Å². The van der Waals surface area contributed by atoms with Crippen molar-refractivity contribution in [1.82, 2.24) is 4.90 Å². The second-order valence-electron chi connectivity index (χ2n) is 5.57. The monoisotopic (exact) mass is 263 g/mol. The molecule has 1 aliphatic heterocycles. The quantitative estimate of drug-likeness (QED) is 0.886. The first-order valence-electron chi connectivity index (χ1n) is 7.19. The molecule has 0 aromatic heterocycles. The van der Waals surface area contributed by atoms with Crippen molar-refractivity contribution >= 4 is 0 Å². The number of nitrogens with zero attached hydrogens (tertiary/aromatic N) is 1. The van der Waals surface area contributed by atoms with Crippen LogP contribution in [0.15, 0.2) is 18.2 Å². The van der Waals surface area contributed by atoms with E-state index < -0.39 is 0 Å². The van der Waals surface area contributed by atoms with Crippen LogP contribution in [0.5, 0.6) is 5.75 Å². The number of aliphatic hydroxyl groups excluding tert-OH is 1. The van der Waals surface area contributed by atoms with Gasteiger partial charge in [-0.3, -0.25) is 4.90 Å². The lowest BCUT2D eigenvalue weighted by molar-refractivity contribution is 0.141. The molecule has 1 N–H and O–H groups in total. The van der Waals surface area contributed by atoms with E-state index in [2.05, 4.69) is 30.0 Å². The van der Waals surface area contributed by atoms with E-state index >= 15 is 0 Å². The number of hydrogen-bond donors (Lipinski definition) is 1. The predicted molar refractivity (Wildman–Crippen MR) is 77.4 cm³/mol. The van der Waals surface area contributed by atoms with E-state index in [4.69, 9.17) is 9.84 Å². The molecule has 0 spiro atoms. The molecule has 1 aliphatic rings. The molecule has 1 aromatic rings. The fourth-order valence-corrected chi connectivity index (χ4v) is 2.98. The van der Waals surface area contributed by atoms with Crippen LogP contribution in [0.3, 0.4) is 0 Å². The van der Waals surface area contributed by atoms with Gasteiger partial charge in [0, 0.05) is 25.3 Å². The third kappa shape index (κ3) is 3.95. The molecule has 1 atom stereocenters. The van der Waals surface area contributed by atoms with Crippen molar-refractivity contribution in [2.45, 2.75) is 32.7 Å². The van der Waals surface area contributed by atoms with Gasteiger partial charge in [-0.1, -0.05) is 17.7 Å². The van der Waals surface area contributed by atoms with Crippen molar-refractivity contribution < 1.29 is 9.84 Å². The van der Waals surface area contributed by atoms with Gasteiger partial charge in [0.05, 0.1) is 7.11 Å². The van der Waals surface area contributed by atoms with Gasteiger partial charge in [-0.2, -0.15) is 0 Å². The lowest BCUT2D eigenvalue weighted by Crippen LogP contribution is -2.35. The van der Waals surface area contributed by atoms with Crippen molar-refractivity contribution in [2.75, 3.05) is 26.8 Å². The van der Waals surface area contributed by atoms with Crippen molar-refractivity contribution in [3.05, 3.63) is 29.3 Å². The second kappa shape index (κ2) is 6.92. The van der Waals surface area contributed by atoms with E-state index in [1.54, 1.807) is 7.11 Å². The van der Waals surface area contributed by atoms with E-state index in [0.29, 0.717) is 12.5 Å². The molecule has 0 radical (unpaired) electrons. The van der Waals surface area contributed by atoms with Gasteiger partial charge >= 0.3 is 0 Å². The van der Waals surface area contributed by atoms with Crippen molar-refractivity contribution in [1.29, 1.82) is 0 Å². The topological polar surface area (TPSA) is 32.7 Å². The van der Waals surface area contributed by atoms with Gasteiger partial charge in [-0.15, -0.1) is 0 Å². The molecule has 19 heavy (non-hydrogen) atoms. The van der Waals surface area contributed by atoms with Crippen LogP contribution in [0.25, 0.3) is 0 Å². The molecule has 2 rings (SSSR count). The molecule has 1 saturated heterocycles. The zero-order valence-electron chi connectivity index (χ0n) is 12.1. The van der Waals surface area contributed by atoms with Crippen LogP contribution in [0.1, 0.15) is 30.4 Å². The molecule has 1 fully saturated rings. The summed E-state index contributed by atoms with van der Waals surface area (Å²) in [6.45, 7) is 5.63. The number of likely N-dealkylation sites (tertiary alicyclic amines) is 1. The smallest absolute Gasteiger partial charge is 0.123 e. The van der Waals surface area contributed by atoms with Crippen LogP contribution >= 0.6 is 0 Å². The summed E-state index contributed by atoms with van der Waals surface area (Å²) in [7, 11) is 1.74. The number of rotatable bonds is 5. The van der Waals surface area contributed by atoms with Gasteiger partial charge in [-0.05, 0) is 44.7 Å². The minimum Gasteiger partial charge on any atom is -0.496 e. The summed E-state index contributed by atoms with van der Waals surface area (Å²) in [4.78, 5) is 2.49. The summed E-state index contributed by atoms with van der Waals surface area (Å²) >= 11 is 0. The summed E-state index contributed by atoms with van der Waals surface area (Å²) in [5.74, 6) is 1.63. The SMILES string of the molecule is COc1ccc(C)cc1CN1CCCC(CCO)C1. The zero-order chi connectivity index (χ0) is 13.7. The summed E-state index contributed by atoms with van der Waals surface area (Å²) in [5.41, 5.74) is 2.55. The number of methoxy groups -OCH3 is 1. The van der Waals surface area contributed by atoms with Gasteiger partial charge in [0.2, 0.25) is 0 Å². The Labute approximate surface area is 116 Å². The van der Waals surface area contributed by atoms with Gasteiger partial charge in [0.15, 0.2) is 0 Å². The van der Waals surface area contributed by atoms with Crippen LogP contribution in [-0.2, 0) is 6.54 Å². The average molecular weight is 263 g/mol. The Balaban J connectivity index is 2.01. The molecular formula is C16H25NO2. The molecule has 1 unspecified atom stereocenters. The summed E-state index contributed by atoms with van der Waals surface area (Å²) < 4.78 is 5.45. The molecule has 1 heterocycles. The number of aryl methyl sites for hydroxylation is 1. The number of ether oxygens (including phenoxy) is 1. The van der Waals surface area contributed by atoms with E-state index in [-0.39, 0.29) is 0 Å². The largest absolute Gasteiger partial charge is 0.496 e. The standard InChI is InChI=1S/C16H25NO2/c1-13-5-6-16(19-2)15(10-13)12-17-8-3-4-14(11-17)7-9-18/h5-6,10,14,18H,3-4,7-9,11-12H2,1-2H3. The molecule has 106 valence electrons. The third-order valence-corrected chi connectivity index (χ3v) is 3.97. The molecule has 0 saturated carbocycles. The molecule has 3 heteroatoms. The van der Waals surface area contributed by atoms with Crippen LogP contribution in [0, 0.1) is 12.8 Å². The Kier molecular flexibility index (Phi) is 5.23. The molecule has 1 aromatic carbocycles.